The number of carbonyl (C=O) groups excluding carboxylic acids is 2. The number of aliphatic carboxylic acids is 1. The van der Waals surface area contributed by atoms with Crippen molar-refractivity contribution in [3.8, 4) is 0 Å². The Morgan fingerprint density at radius 3 is 2.34 bits per heavy atom. The number of aryl methyl sites for hydroxylation is 1. The van der Waals surface area contributed by atoms with Crippen LogP contribution in [0.4, 0.5) is 0 Å². The quantitative estimate of drug-likeness (QED) is 0.685. The predicted molar refractivity (Wildman–Crippen MR) is 107 cm³/mol. The number of hydrogen-bond acceptors (Lipinski definition) is 5. The van der Waals surface area contributed by atoms with Crippen LogP contribution < -0.4 is 11.2 Å². The van der Waals surface area contributed by atoms with Gasteiger partial charge in [-0.1, -0.05) is 11.6 Å². The minimum Gasteiger partial charge on any atom is -0.481 e. The standard InChI is InChI=1S/C20H27BN2O6/c1-11-8-13-12(9-14(11)21-28-19(2,3)20(4,5)29-21)10-23(18(13)27)15(17(22)26)6-7-16(24)25/h8-9,15H,6-7,10H2,1-5H3,(H2,22,26)(H,24,25)/t15-/m0/s1. The summed E-state index contributed by atoms with van der Waals surface area (Å²) in [5, 5.41) is 8.92. The van der Waals surface area contributed by atoms with Gasteiger partial charge >= 0.3 is 13.1 Å². The van der Waals surface area contributed by atoms with Gasteiger partial charge in [-0.3, -0.25) is 14.4 Å². The molecule has 0 bridgehead atoms. The van der Waals surface area contributed by atoms with E-state index < -0.39 is 36.2 Å². The number of carboxylic acid groups (broad SMARTS) is 1. The zero-order valence-corrected chi connectivity index (χ0v) is 17.4. The van der Waals surface area contributed by atoms with Crippen molar-refractivity contribution in [1.29, 1.82) is 0 Å². The van der Waals surface area contributed by atoms with Gasteiger partial charge in [-0.2, -0.15) is 0 Å². The number of primary amides is 1. The molecular formula is C20H27BN2O6. The van der Waals surface area contributed by atoms with Crippen LogP contribution in [0.2, 0.25) is 0 Å². The molecule has 2 amide bonds. The van der Waals surface area contributed by atoms with E-state index in [0.717, 1.165) is 16.6 Å². The summed E-state index contributed by atoms with van der Waals surface area (Å²) in [6, 6.07) is 2.68. The van der Waals surface area contributed by atoms with Gasteiger partial charge in [0.2, 0.25) is 5.91 Å². The van der Waals surface area contributed by atoms with Crippen LogP contribution in [0.5, 0.6) is 0 Å². The van der Waals surface area contributed by atoms with Crippen molar-refractivity contribution < 1.29 is 28.8 Å². The first-order valence-corrected chi connectivity index (χ1v) is 9.65. The third-order valence-corrected chi connectivity index (χ3v) is 6.17. The minimum absolute atomic E-state index is 0.0204. The van der Waals surface area contributed by atoms with Crippen LogP contribution in [-0.2, 0) is 25.4 Å². The summed E-state index contributed by atoms with van der Waals surface area (Å²) in [5.41, 5.74) is 7.39. The fraction of sp³-hybridized carbons (Fsp3) is 0.550. The summed E-state index contributed by atoms with van der Waals surface area (Å²) in [6.07, 6.45) is -0.264. The largest absolute Gasteiger partial charge is 0.495 e. The van der Waals surface area contributed by atoms with Gasteiger partial charge < -0.3 is 25.0 Å². The molecule has 8 nitrogen and oxygen atoms in total. The molecule has 1 saturated heterocycles. The van der Waals surface area contributed by atoms with Gasteiger partial charge in [-0.05, 0) is 58.1 Å². The monoisotopic (exact) mass is 402 g/mol. The van der Waals surface area contributed by atoms with Crippen molar-refractivity contribution in [2.75, 3.05) is 0 Å². The summed E-state index contributed by atoms with van der Waals surface area (Å²) in [5.74, 6) is -2.08. The molecule has 0 aromatic heterocycles. The lowest BCUT2D eigenvalue weighted by molar-refractivity contribution is -0.137. The van der Waals surface area contributed by atoms with Crippen LogP contribution >= 0.6 is 0 Å². The maximum atomic E-state index is 12.9. The summed E-state index contributed by atoms with van der Waals surface area (Å²) in [7, 11) is -0.562. The Kier molecular flexibility index (Phi) is 5.25. The Hall–Kier alpha value is -2.39. The molecule has 0 radical (unpaired) electrons. The molecule has 9 heteroatoms. The van der Waals surface area contributed by atoms with Gasteiger partial charge in [0.25, 0.3) is 5.91 Å². The molecule has 3 rings (SSSR count). The average molecular weight is 402 g/mol. The van der Waals surface area contributed by atoms with E-state index in [2.05, 4.69) is 0 Å². The van der Waals surface area contributed by atoms with Crippen LogP contribution in [0.3, 0.4) is 0 Å². The second kappa shape index (κ2) is 7.14. The molecule has 1 atom stereocenters. The lowest BCUT2D eigenvalue weighted by Gasteiger charge is -2.32. The smallest absolute Gasteiger partial charge is 0.481 e. The Labute approximate surface area is 170 Å². The van der Waals surface area contributed by atoms with Crippen molar-refractivity contribution in [1.82, 2.24) is 4.90 Å². The van der Waals surface area contributed by atoms with E-state index >= 15 is 0 Å². The van der Waals surface area contributed by atoms with Crippen molar-refractivity contribution in [2.45, 2.75) is 71.2 Å². The predicted octanol–water partition coefficient (Wildman–Crippen LogP) is 0.969. The average Bonchev–Trinajstić information content (AvgIpc) is 3.00. The van der Waals surface area contributed by atoms with E-state index in [1.807, 2.05) is 40.7 Å². The summed E-state index contributed by atoms with van der Waals surface area (Å²) in [6.45, 7) is 9.96. The van der Waals surface area contributed by atoms with Crippen LogP contribution in [0.25, 0.3) is 0 Å². The van der Waals surface area contributed by atoms with Crippen molar-refractivity contribution in [3.63, 3.8) is 0 Å². The summed E-state index contributed by atoms with van der Waals surface area (Å²) in [4.78, 5) is 37.0. The van der Waals surface area contributed by atoms with E-state index in [-0.39, 0.29) is 25.3 Å². The lowest BCUT2D eigenvalue weighted by atomic mass is 9.75. The third-order valence-electron chi connectivity index (χ3n) is 6.17. The number of amides is 2. The van der Waals surface area contributed by atoms with E-state index in [9.17, 15) is 14.4 Å². The number of hydrogen-bond donors (Lipinski definition) is 2. The molecule has 3 N–H and O–H groups in total. The van der Waals surface area contributed by atoms with Crippen molar-refractivity contribution in [2.24, 2.45) is 5.73 Å². The molecule has 0 spiro atoms. The van der Waals surface area contributed by atoms with E-state index in [1.165, 1.54) is 4.90 Å². The van der Waals surface area contributed by atoms with Crippen molar-refractivity contribution in [3.05, 3.63) is 28.8 Å². The lowest BCUT2D eigenvalue weighted by Crippen LogP contribution is -2.45. The van der Waals surface area contributed by atoms with Gasteiger partial charge in [-0.25, -0.2) is 0 Å². The van der Waals surface area contributed by atoms with Gasteiger partial charge in [0, 0.05) is 18.5 Å². The normalized spacial score (nSPS) is 20.7. The van der Waals surface area contributed by atoms with Gasteiger partial charge in [0.1, 0.15) is 6.04 Å². The number of benzene rings is 1. The number of nitrogens with zero attached hydrogens (tertiary/aromatic N) is 1. The molecule has 2 heterocycles. The van der Waals surface area contributed by atoms with Crippen LogP contribution in [0.15, 0.2) is 12.1 Å². The Balaban J connectivity index is 1.89. The Morgan fingerprint density at radius 2 is 1.83 bits per heavy atom. The van der Waals surface area contributed by atoms with Gasteiger partial charge in [0.15, 0.2) is 0 Å². The number of carbonyl (C=O) groups is 3. The maximum absolute atomic E-state index is 12.9. The highest BCUT2D eigenvalue weighted by molar-refractivity contribution is 6.62. The first-order chi connectivity index (χ1) is 13.3. The molecular weight excluding hydrogens is 375 g/mol. The first kappa shape index (κ1) is 21.3. The SMILES string of the molecule is Cc1cc2c(cc1B1OC(C)(C)C(C)(C)O1)CN([C@@H](CCC(=O)O)C(N)=O)C2=O. The molecule has 0 saturated carbocycles. The molecule has 2 aliphatic rings. The van der Waals surface area contributed by atoms with E-state index in [4.69, 9.17) is 20.1 Å². The van der Waals surface area contributed by atoms with Crippen LogP contribution in [0, 0.1) is 6.92 Å². The molecule has 1 aromatic carbocycles. The zero-order chi connectivity index (χ0) is 21.7. The highest BCUT2D eigenvalue weighted by atomic mass is 16.7. The minimum atomic E-state index is -1.04. The zero-order valence-electron chi connectivity index (χ0n) is 17.4. The molecule has 29 heavy (non-hydrogen) atoms. The highest BCUT2D eigenvalue weighted by Crippen LogP contribution is 2.37. The second-order valence-electron chi connectivity index (χ2n) is 8.74. The molecule has 0 aliphatic carbocycles. The fourth-order valence-electron chi connectivity index (χ4n) is 3.70. The van der Waals surface area contributed by atoms with Gasteiger partial charge in [-0.15, -0.1) is 0 Å². The molecule has 156 valence electrons. The van der Waals surface area contributed by atoms with E-state index in [1.54, 1.807) is 6.07 Å². The summed E-state index contributed by atoms with van der Waals surface area (Å²) >= 11 is 0. The molecule has 1 fully saturated rings. The van der Waals surface area contributed by atoms with Crippen LogP contribution in [-0.4, -0.2) is 52.2 Å². The van der Waals surface area contributed by atoms with Gasteiger partial charge in [0.05, 0.1) is 11.2 Å². The fourth-order valence-corrected chi connectivity index (χ4v) is 3.70. The second-order valence-corrected chi connectivity index (χ2v) is 8.74. The number of nitrogens with two attached hydrogens (primary N) is 1. The Morgan fingerprint density at radius 1 is 1.24 bits per heavy atom. The number of rotatable bonds is 6. The van der Waals surface area contributed by atoms with Crippen molar-refractivity contribution >= 4 is 30.4 Å². The Bertz CT molecular complexity index is 866. The molecule has 2 aliphatic heterocycles. The number of carboxylic acids is 1. The summed E-state index contributed by atoms with van der Waals surface area (Å²) < 4.78 is 12.3. The highest BCUT2D eigenvalue weighted by Gasteiger charge is 2.52. The first-order valence-electron chi connectivity index (χ1n) is 9.65. The maximum Gasteiger partial charge on any atom is 0.495 e. The third kappa shape index (κ3) is 3.76. The van der Waals surface area contributed by atoms with Crippen LogP contribution in [0.1, 0.15) is 62.0 Å². The van der Waals surface area contributed by atoms with E-state index in [0.29, 0.717) is 5.56 Å². The molecule has 1 aromatic rings. The molecule has 0 unspecified atom stereocenters. The topological polar surface area (TPSA) is 119 Å². The number of fused-ring (bicyclic) bond motifs is 1.